The predicted octanol–water partition coefficient (Wildman–Crippen LogP) is 3.00. The van der Waals surface area contributed by atoms with Crippen molar-refractivity contribution in [1.82, 2.24) is 10.3 Å². The number of nitrogens with zero attached hydrogens (tertiary/aromatic N) is 1. The van der Waals surface area contributed by atoms with Crippen molar-refractivity contribution >= 4 is 23.3 Å². The summed E-state index contributed by atoms with van der Waals surface area (Å²) in [7, 11) is 1.33. The number of para-hydroxylation sites is 1. The number of rotatable bonds is 6. The zero-order chi connectivity index (χ0) is 17.5. The maximum atomic E-state index is 12.1. The molecule has 126 valence electrons. The average molecular weight is 327 g/mol. The van der Waals surface area contributed by atoms with Gasteiger partial charge >= 0.3 is 5.97 Å². The number of esters is 1. The van der Waals surface area contributed by atoms with Crippen LogP contribution in [-0.4, -0.2) is 30.5 Å². The van der Waals surface area contributed by atoms with E-state index in [2.05, 4.69) is 15.6 Å². The lowest BCUT2D eigenvalue weighted by molar-refractivity contribution is 0.0601. The minimum atomic E-state index is -0.433. The van der Waals surface area contributed by atoms with E-state index in [4.69, 9.17) is 4.74 Å². The van der Waals surface area contributed by atoms with Crippen LogP contribution < -0.4 is 10.6 Å². The van der Waals surface area contributed by atoms with Crippen LogP contribution in [0.3, 0.4) is 0 Å². The van der Waals surface area contributed by atoms with Gasteiger partial charge in [-0.25, -0.2) is 4.79 Å². The first-order chi connectivity index (χ1) is 11.5. The molecule has 2 N–H and O–H groups in total. The van der Waals surface area contributed by atoms with Gasteiger partial charge in [0.25, 0.3) is 5.91 Å². The molecule has 6 heteroatoms. The molecular weight excluding hydrogens is 306 g/mol. The molecule has 24 heavy (non-hydrogen) atoms. The summed E-state index contributed by atoms with van der Waals surface area (Å²) in [6.07, 6.45) is 3.10. The average Bonchev–Trinajstić information content (AvgIpc) is 2.59. The van der Waals surface area contributed by atoms with Crippen LogP contribution in [0.2, 0.25) is 0 Å². The first-order valence-electron chi connectivity index (χ1n) is 7.69. The van der Waals surface area contributed by atoms with E-state index in [-0.39, 0.29) is 5.91 Å². The normalized spacial score (nSPS) is 10.3. The van der Waals surface area contributed by atoms with E-state index in [0.29, 0.717) is 35.0 Å². The monoisotopic (exact) mass is 327 g/mol. The fourth-order valence-electron chi connectivity index (χ4n) is 2.07. The van der Waals surface area contributed by atoms with Gasteiger partial charge in [-0.3, -0.25) is 9.78 Å². The summed E-state index contributed by atoms with van der Waals surface area (Å²) >= 11 is 0. The van der Waals surface area contributed by atoms with Crippen LogP contribution in [0.25, 0.3) is 0 Å². The molecule has 0 fully saturated rings. The molecule has 2 rings (SSSR count). The van der Waals surface area contributed by atoms with Crippen LogP contribution in [0.15, 0.2) is 42.7 Å². The molecule has 0 bridgehead atoms. The van der Waals surface area contributed by atoms with Crippen LogP contribution in [-0.2, 0) is 4.74 Å². The van der Waals surface area contributed by atoms with Crippen LogP contribution in [0.5, 0.6) is 0 Å². The minimum absolute atomic E-state index is 0.180. The van der Waals surface area contributed by atoms with Crippen molar-refractivity contribution in [3.05, 3.63) is 53.9 Å². The van der Waals surface area contributed by atoms with Crippen molar-refractivity contribution in [2.24, 2.45) is 5.92 Å². The Kier molecular flexibility index (Phi) is 5.89. The third-order valence-electron chi connectivity index (χ3n) is 3.28. The summed E-state index contributed by atoms with van der Waals surface area (Å²) in [5.41, 5.74) is 2.07. The third-order valence-corrected chi connectivity index (χ3v) is 3.28. The third kappa shape index (κ3) is 4.55. The van der Waals surface area contributed by atoms with Crippen molar-refractivity contribution in [2.45, 2.75) is 13.8 Å². The Morgan fingerprint density at radius 2 is 1.96 bits per heavy atom. The maximum Gasteiger partial charge on any atom is 0.339 e. The van der Waals surface area contributed by atoms with E-state index < -0.39 is 5.97 Å². The van der Waals surface area contributed by atoms with Crippen molar-refractivity contribution < 1.29 is 14.3 Å². The van der Waals surface area contributed by atoms with Gasteiger partial charge in [0.1, 0.15) is 0 Å². The van der Waals surface area contributed by atoms with Crippen LogP contribution in [0, 0.1) is 5.92 Å². The molecule has 0 unspecified atom stereocenters. The number of hydrogen-bond donors (Lipinski definition) is 2. The van der Waals surface area contributed by atoms with Crippen molar-refractivity contribution in [3.63, 3.8) is 0 Å². The first kappa shape index (κ1) is 17.5. The fraction of sp³-hybridized carbons (Fsp3) is 0.278. The van der Waals surface area contributed by atoms with Gasteiger partial charge in [0.05, 0.1) is 35.8 Å². The van der Waals surface area contributed by atoms with E-state index >= 15 is 0 Å². The van der Waals surface area contributed by atoms with E-state index in [9.17, 15) is 9.59 Å². The number of benzene rings is 1. The molecule has 0 aliphatic heterocycles. The Hall–Kier alpha value is -2.89. The van der Waals surface area contributed by atoms with Gasteiger partial charge in [0.15, 0.2) is 0 Å². The molecule has 1 amide bonds. The Morgan fingerprint density at radius 3 is 2.67 bits per heavy atom. The molecule has 0 radical (unpaired) electrons. The minimum Gasteiger partial charge on any atom is -0.465 e. The fourth-order valence-corrected chi connectivity index (χ4v) is 2.07. The van der Waals surface area contributed by atoms with Crippen LogP contribution >= 0.6 is 0 Å². The molecule has 6 nitrogen and oxygen atoms in total. The van der Waals surface area contributed by atoms with Gasteiger partial charge in [-0.05, 0) is 24.1 Å². The highest BCUT2D eigenvalue weighted by Crippen LogP contribution is 2.21. The molecule has 1 heterocycles. The largest absolute Gasteiger partial charge is 0.465 e. The number of ether oxygens (including phenoxy) is 1. The lowest BCUT2D eigenvalue weighted by Gasteiger charge is -2.12. The zero-order valence-electron chi connectivity index (χ0n) is 14.0. The molecule has 1 aromatic heterocycles. The molecule has 0 saturated heterocycles. The van der Waals surface area contributed by atoms with Gasteiger partial charge < -0.3 is 15.4 Å². The molecule has 0 aliphatic carbocycles. The Balaban J connectivity index is 2.18. The maximum absolute atomic E-state index is 12.1. The van der Waals surface area contributed by atoms with Gasteiger partial charge in [-0.1, -0.05) is 26.0 Å². The molecule has 0 aliphatic rings. The first-order valence-corrected chi connectivity index (χ1v) is 7.69. The number of carbonyl (C=O) groups is 2. The molecule has 0 atom stereocenters. The Labute approximate surface area is 141 Å². The molecule has 2 aromatic rings. The van der Waals surface area contributed by atoms with Gasteiger partial charge in [0, 0.05) is 12.7 Å². The second kappa shape index (κ2) is 8.10. The number of pyridine rings is 1. The predicted molar refractivity (Wildman–Crippen MR) is 92.5 cm³/mol. The second-order valence-electron chi connectivity index (χ2n) is 5.73. The number of methoxy groups -OCH3 is 1. The number of nitrogens with one attached hydrogen (secondary N) is 2. The number of hydrogen-bond acceptors (Lipinski definition) is 5. The smallest absolute Gasteiger partial charge is 0.339 e. The summed E-state index contributed by atoms with van der Waals surface area (Å²) in [4.78, 5) is 28.0. The van der Waals surface area contributed by atoms with Gasteiger partial charge in [0.2, 0.25) is 0 Å². The number of amides is 1. The van der Waals surface area contributed by atoms with Gasteiger partial charge in [-0.15, -0.1) is 0 Å². The van der Waals surface area contributed by atoms with Gasteiger partial charge in [-0.2, -0.15) is 0 Å². The lowest BCUT2D eigenvalue weighted by atomic mass is 10.1. The quantitative estimate of drug-likeness (QED) is 0.797. The molecular formula is C18H21N3O3. The summed E-state index contributed by atoms with van der Waals surface area (Å²) in [5, 5.41) is 5.95. The SMILES string of the molecule is COC(=O)c1ccccc1Nc1cncc(C(=O)NCC(C)C)c1. The molecule has 0 saturated carbocycles. The molecule has 1 aromatic carbocycles. The lowest BCUT2D eigenvalue weighted by Crippen LogP contribution is -2.27. The second-order valence-corrected chi connectivity index (χ2v) is 5.73. The summed E-state index contributed by atoms with van der Waals surface area (Å²) in [6, 6.07) is 8.68. The summed E-state index contributed by atoms with van der Waals surface area (Å²) < 4.78 is 4.77. The Morgan fingerprint density at radius 1 is 1.21 bits per heavy atom. The standard InChI is InChI=1S/C18H21N3O3/c1-12(2)9-20-17(22)13-8-14(11-19-10-13)21-16-7-5-4-6-15(16)18(23)24-3/h4-8,10-12,21H,9H2,1-3H3,(H,20,22). The number of carbonyl (C=O) groups excluding carboxylic acids is 2. The van der Waals surface area contributed by atoms with E-state index in [0.717, 1.165) is 0 Å². The Bertz CT molecular complexity index is 729. The van der Waals surface area contributed by atoms with Crippen LogP contribution in [0.4, 0.5) is 11.4 Å². The summed E-state index contributed by atoms with van der Waals surface area (Å²) in [6.45, 7) is 4.65. The summed E-state index contributed by atoms with van der Waals surface area (Å²) in [5.74, 6) is -0.242. The highest BCUT2D eigenvalue weighted by molar-refractivity contribution is 5.97. The van der Waals surface area contributed by atoms with Crippen molar-refractivity contribution in [3.8, 4) is 0 Å². The zero-order valence-corrected chi connectivity index (χ0v) is 14.0. The number of aromatic nitrogens is 1. The number of anilines is 2. The van der Waals surface area contributed by atoms with Crippen LogP contribution in [0.1, 0.15) is 34.6 Å². The molecule has 0 spiro atoms. The van der Waals surface area contributed by atoms with E-state index in [1.54, 1.807) is 36.5 Å². The highest BCUT2D eigenvalue weighted by Gasteiger charge is 2.12. The van der Waals surface area contributed by atoms with Crippen molar-refractivity contribution in [1.29, 1.82) is 0 Å². The highest BCUT2D eigenvalue weighted by atomic mass is 16.5. The topological polar surface area (TPSA) is 80.3 Å². The van der Waals surface area contributed by atoms with E-state index in [1.165, 1.54) is 13.3 Å². The van der Waals surface area contributed by atoms with E-state index in [1.807, 2.05) is 13.8 Å². The van der Waals surface area contributed by atoms with Crippen molar-refractivity contribution in [2.75, 3.05) is 19.0 Å².